The molecule has 0 saturated carbocycles. The van der Waals surface area contributed by atoms with Crippen LogP contribution in [-0.4, -0.2) is 39.2 Å². The van der Waals surface area contributed by atoms with Crippen molar-refractivity contribution >= 4 is 23.9 Å². The van der Waals surface area contributed by atoms with Crippen LogP contribution in [0.15, 0.2) is 83.1 Å². The van der Waals surface area contributed by atoms with E-state index in [9.17, 15) is 4.79 Å². The number of hydrogen-bond donors (Lipinski definition) is 1. The number of aryl methyl sites for hydroxylation is 1. The van der Waals surface area contributed by atoms with E-state index in [0.29, 0.717) is 11.8 Å². The van der Waals surface area contributed by atoms with E-state index in [1.165, 1.54) is 17.3 Å². The molecule has 0 bridgehead atoms. The summed E-state index contributed by atoms with van der Waals surface area (Å²) >= 11 is 1.32. The van der Waals surface area contributed by atoms with Crippen molar-refractivity contribution in [2.75, 3.05) is 12.4 Å². The second kappa shape index (κ2) is 12.8. The fourth-order valence-corrected chi connectivity index (χ4v) is 4.55. The molecule has 3 aromatic carbocycles. The molecule has 0 aliphatic rings. The minimum atomic E-state index is -0.228. The van der Waals surface area contributed by atoms with Gasteiger partial charge in [0.05, 0.1) is 18.6 Å². The Hall–Kier alpha value is -3.91. The Balaban J connectivity index is 1.46. The first-order valence-corrected chi connectivity index (χ1v) is 14.0. The molecule has 0 aliphatic heterocycles. The largest absolute Gasteiger partial charge is 0.494 e. The standard InChI is InChI=1S/C31H35N5O2S/c1-6-19-38-27-17-9-23(10-18-27)20-32-33-28(37)21-39-30-35-34-29(36(30)26-15-7-22(2)8-16-26)24-11-13-25(14-12-24)31(3,4)5/h7-18,20H,6,19,21H2,1-5H3,(H,33,37). The van der Waals surface area contributed by atoms with Gasteiger partial charge in [0.15, 0.2) is 11.0 Å². The van der Waals surface area contributed by atoms with Gasteiger partial charge in [-0.15, -0.1) is 10.2 Å². The first kappa shape index (κ1) is 28.1. The van der Waals surface area contributed by atoms with Gasteiger partial charge in [-0.3, -0.25) is 9.36 Å². The summed E-state index contributed by atoms with van der Waals surface area (Å²) in [6, 6.07) is 24.2. The van der Waals surface area contributed by atoms with Crippen LogP contribution < -0.4 is 10.2 Å². The molecule has 0 aliphatic carbocycles. The lowest BCUT2D eigenvalue weighted by atomic mass is 9.87. The third-order valence-electron chi connectivity index (χ3n) is 6.02. The molecule has 8 heteroatoms. The average Bonchev–Trinajstić information content (AvgIpc) is 3.35. The van der Waals surface area contributed by atoms with Crippen molar-refractivity contribution in [3.05, 3.63) is 89.5 Å². The number of thioether (sulfide) groups is 1. The molecular weight excluding hydrogens is 506 g/mol. The van der Waals surface area contributed by atoms with E-state index < -0.39 is 0 Å². The van der Waals surface area contributed by atoms with Crippen molar-refractivity contribution in [2.45, 2.75) is 51.6 Å². The molecule has 0 radical (unpaired) electrons. The van der Waals surface area contributed by atoms with Crippen LogP contribution in [0, 0.1) is 6.92 Å². The summed E-state index contributed by atoms with van der Waals surface area (Å²) in [7, 11) is 0. The number of hydrogen-bond acceptors (Lipinski definition) is 6. The van der Waals surface area contributed by atoms with Crippen LogP contribution >= 0.6 is 11.8 Å². The lowest BCUT2D eigenvalue weighted by Crippen LogP contribution is -2.20. The van der Waals surface area contributed by atoms with Gasteiger partial charge in [0.1, 0.15) is 5.75 Å². The molecule has 7 nitrogen and oxygen atoms in total. The van der Waals surface area contributed by atoms with E-state index in [0.717, 1.165) is 40.4 Å². The molecule has 202 valence electrons. The van der Waals surface area contributed by atoms with Crippen LogP contribution in [0.1, 0.15) is 50.8 Å². The van der Waals surface area contributed by atoms with Crippen LogP contribution in [0.3, 0.4) is 0 Å². The summed E-state index contributed by atoms with van der Waals surface area (Å²) in [5, 5.41) is 13.7. The third kappa shape index (κ3) is 7.57. The monoisotopic (exact) mass is 541 g/mol. The van der Waals surface area contributed by atoms with Gasteiger partial charge in [-0.25, -0.2) is 5.43 Å². The summed E-state index contributed by atoms with van der Waals surface area (Å²) < 4.78 is 7.59. The highest BCUT2D eigenvalue weighted by Crippen LogP contribution is 2.30. The molecule has 0 unspecified atom stereocenters. The van der Waals surface area contributed by atoms with Crippen LogP contribution in [0.5, 0.6) is 5.75 Å². The summed E-state index contributed by atoms with van der Waals surface area (Å²) in [5.74, 6) is 1.46. The lowest BCUT2D eigenvalue weighted by Gasteiger charge is -2.19. The lowest BCUT2D eigenvalue weighted by molar-refractivity contribution is -0.118. The van der Waals surface area contributed by atoms with Gasteiger partial charge in [0, 0.05) is 11.3 Å². The Kier molecular flexibility index (Phi) is 9.19. The average molecular weight is 542 g/mol. The first-order valence-electron chi connectivity index (χ1n) is 13.1. The van der Waals surface area contributed by atoms with E-state index in [4.69, 9.17) is 4.74 Å². The fraction of sp³-hybridized carbons (Fsp3) is 0.290. The van der Waals surface area contributed by atoms with Crippen molar-refractivity contribution in [1.29, 1.82) is 0 Å². The number of aromatic nitrogens is 3. The molecule has 4 rings (SSSR count). The van der Waals surface area contributed by atoms with E-state index in [2.05, 4.69) is 91.7 Å². The van der Waals surface area contributed by atoms with E-state index in [-0.39, 0.29) is 17.1 Å². The summed E-state index contributed by atoms with van der Waals surface area (Å²) in [5.41, 5.74) is 7.84. The van der Waals surface area contributed by atoms with Gasteiger partial charge in [0.2, 0.25) is 0 Å². The van der Waals surface area contributed by atoms with Crippen LogP contribution in [-0.2, 0) is 10.2 Å². The zero-order valence-electron chi connectivity index (χ0n) is 23.1. The Morgan fingerprint density at radius 1 is 1.00 bits per heavy atom. The molecule has 39 heavy (non-hydrogen) atoms. The smallest absolute Gasteiger partial charge is 0.250 e. The second-order valence-electron chi connectivity index (χ2n) is 10.3. The molecule has 1 aromatic heterocycles. The van der Waals surface area contributed by atoms with Gasteiger partial charge >= 0.3 is 0 Å². The number of carbonyl (C=O) groups excluding carboxylic acids is 1. The Bertz CT molecular complexity index is 1400. The molecule has 1 N–H and O–H groups in total. The number of carbonyl (C=O) groups is 1. The summed E-state index contributed by atoms with van der Waals surface area (Å²) in [4.78, 5) is 12.6. The number of hydrazone groups is 1. The van der Waals surface area contributed by atoms with Gasteiger partial charge in [-0.05, 0) is 66.3 Å². The Labute approximate surface area is 234 Å². The SMILES string of the molecule is CCCOc1ccc(C=NNC(=O)CSc2nnc(-c3ccc(C(C)(C)C)cc3)n2-c2ccc(C)cc2)cc1. The number of nitrogens with one attached hydrogen (secondary N) is 1. The molecule has 4 aromatic rings. The Morgan fingerprint density at radius 2 is 1.69 bits per heavy atom. The van der Waals surface area contributed by atoms with Crippen LogP contribution in [0.4, 0.5) is 0 Å². The van der Waals surface area contributed by atoms with E-state index in [1.54, 1.807) is 6.21 Å². The van der Waals surface area contributed by atoms with Gasteiger partial charge in [-0.1, -0.05) is 81.4 Å². The van der Waals surface area contributed by atoms with Crippen molar-refractivity contribution in [3.63, 3.8) is 0 Å². The molecule has 0 spiro atoms. The maximum absolute atomic E-state index is 12.6. The highest BCUT2D eigenvalue weighted by Gasteiger charge is 2.19. The number of ether oxygens (including phenoxy) is 1. The number of rotatable bonds is 10. The molecule has 0 saturated heterocycles. The maximum Gasteiger partial charge on any atom is 0.250 e. The highest BCUT2D eigenvalue weighted by atomic mass is 32.2. The summed E-state index contributed by atoms with van der Waals surface area (Å²) in [6.07, 6.45) is 2.57. The van der Waals surface area contributed by atoms with Gasteiger partial charge < -0.3 is 4.74 Å². The van der Waals surface area contributed by atoms with Crippen molar-refractivity contribution in [2.24, 2.45) is 5.10 Å². The number of benzene rings is 3. The molecule has 0 fully saturated rings. The second-order valence-corrected chi connectivity index (χ2v) is 11.2. The first-order chi connectivity index (χ1) is 18.7. The molecule has 1 heterocycles. The van der Waals surface area contributed by atoms with Crippen molar-refractivity contribution in [1.82, 2.24) is 20.2 Å². The van der Waals surface area contributed by atoms with Gasteiger partial charge in [-0.2, -0.15) is 5.10 Å². The van der Waals surface area contributed by atoms with Crippen molar-refractivity contribution in [3.8, 4) is 22.8 Å². The normalized spacial score (nSPS) is 11.6. The predicted molar refractivity (Wildman–Crippen MR) is 159 cm³/mol. The third-order valence-corrected chi connectivity index (χ3v) is 6.95. The number of nitrogens with zero attached hydrogens (tertiary/aromatic N) is 4. The van der Waals surface area contributed by atoms with Crippen LogP contribution in [0.2, 0.25) is 0 Å². The predicted octanol–water partition coefficient (Wildman–Crippen LogP) is 6.57. The molecule has 0 atom stereocenters. The van der Waals surface area contributed by atoms with Gasteiger partial charge in [0.25, 0.3) is 5.91 Å². The number of amides is 1. The minimum absolute atomic E-state index is 0.0620. The zero-order valence-corrected chi connectivity index (χ0v) is 24.0. The minimum Gasteiger partial charge on any atom is -0.494 e. The van der Waals surface area contributed by atoms with Crippen LogP contribution in [0.25, 0.3) is 17.1 Å². The summed E-state index contributed by atoms with van der Waals surface area (Å²) in [6.45, 7) is 11.4. The fourth-order valence-electron chi connectivity index (χ4n) is 3.81. The maximum atomic E-state index is 12.6. The van der Waals surface area contributed by atoms with Crippen molar-refractivity contribution < 1.29 is 9.53 Å². The quantitative estimate of drug-likeness (QED) is 0.139. The van der Waals surface area contributed by atoms with E-state index in [1.807, 2.05) is 41.0 Å². The zero-order chi connectivity index (χ0) is 27.8. The molecule has 1 amide bonds. The highest BCUT2D eigenvalue weighted by molar-refractivity contribution is 7.99. The Morgan fingerprint density at radius 3 is 2.33 bits per heavy atom. The van der Waals surface area contributed by atoms with E-state index >= 15 is 0 Å². The molecular formula is C31H35N5O2S. The topological polar surface area (TPSA) is 81.4 Å².